The number of hydrogen-bond donors (Lipinski definition) is 0. The van der Waals surface area contributed by atoms with E-state index in [1.807, 2.05) is 51.6 Å². The van der Waals surface area contributed by atoms with Gasteiger partial charge < -0.3 is 18.9 Å². The molecule has 1 aromatic carbocycles. The SMILES string of the molecule is CC(C)c1cccc(O[C@H](C)c2nnc([C@H]3CC[C@H](n4cc(C5(F)CCN(C(=O)OC(C)(C)C)CC5)nn4)CC3)n2C)c1. The third-order valence-electron chi connectivity index (χ3n) is 8.76. The van der Waals surface area contributed by atoms with Gasteiger partial charge in [0.05, 0.1) is 12.2 Å². The van der Waals surface area contributed by atoms with Crippen LogP contribution in [0.4, 0.5) is 9.18 Å². The molecule has 10 nitrogen and oxygen atoms in total. The molecule has 1 saturated heterocycles. The predicted octanol–water partition coefficient (Wildman–Crippen LogP) is 6.76. The molecule has 234 valence electrons. The highest BCUT2D eigenvalue weighted by Gasteiger charge is 2.41. The minimum Gasteiger partial charge on any atom is -0.483 e. The number of piperidine rings is 1. The Hall–Kier alpha value is -3.50. The predicted molar refractivity (Wildman–Crippen MR) is 161 cm³/mol. The molecule has 1 atom stereocenters. The van der Waals surface area contributed by atoms with Gasteiger partial charge in [-0.05, 0) is 77.0 Å². The van der Waals surface area contributed by atoms with Gasteiger partial charge in [-0.3, -0.25) is 0 Å². The van der Waals surface area contributed by atoms with E-state index in [1.54, 1.807) is 11.1 Å². The van der Waals surface area contributed by atoms with Crippen molar-refractivity contribution in [1.29, 1.82) is 0 Å². The normalized spacial score (nSPS) is 21.6. The number of hydrogen-bond acceptors (Lipinski definition) is 7. The summed E-state index contributed by atoms with van der Waals surface area (Å²) in [4.78, 5) is 14.0. The summed E-state index contributed by atoms with van der Waals surface area (Å²) >= 11 is 0. The molecule has 43 heavy (non-hydrogen) atoms. The molecule has 0 spiro atoms. The number of nitrogens with zero attached hydrogens (tertiary/aromatic N) is 7. The Bertz CT molecular complexity index is 1400. The molecule has 2 aliphatic rings. The average molecular weight is 596 g/mol. The van der Waals surface area contributed by atoms with Crippen LogP contribution in [-0.2, 0) is 17.5 Å². The third kappa shape index (κ3) is 7.02. The molecule has 0 unspecified atom stereocenters. The quantitative estimate of drug-likeness (QED) is 0.297. The highest BCUT2D eigenvalue weighted by Crippen LogP contribution is 2.40. The van der Waals surface area contributed by atoms with Crippen molar-refractivity contribution in [2.75, 3.05) is 13.1 Å². The Morgan fingerprint density at radius 3 is 2.40 bits per heavy atom. The van der Waals surface area contributed by atoms with Crippen LogP contribution < -0.4 is 4.74 Å². The summed E-state index contributed by atoms with van der Waals surface area (Å²) in [7, 11) is 2.01. The van der Waals surface area contributed by atoms with Gasteiger partial charge in [0, 0.05) is 38.9 Å². The Morgan fingerprint density at radius 2 is 1.74 bits per heavy atom. The van der Waals surface area contributed by atoms with Crippen LogP contribution >= 0.6 is 0 Å². The second kappa shape index (κ2) is 12.2. The maximum atomic E-state index is 15.9. The lowest BCUT2D eigenvalue weighted by molar-refractivity contribution is 0.00123. The number of carbonyl (C=O) groups excluding carboxylic acids is 1. The summed E-state index contributed by atoms with van der Waals surface area (Å²) in [6.45, 7) is 12.4. The van der Waals surface area contributed by atoms with Crippen molar-refractivity contribution in [3.05, 3.63) is 53.4 Å². The van der Waals surface area contributed by atoms with Crippen LogP contribution in [0.1, 0.15) is 127 Å². The minimum atomic E-state index is -1.60. The summed E-state index contributed by atoms with van der Waals surface area (Å²) in [5.74, 6) is 3.32. The molecule has 3 heterocycles. The number of carbonyl (C=O) groups is 1. The molecule has 2 fully saturated rings. The average Bonchev–Trinajstić information content (AvgIpc) is 3.61. The number of amides is 1. The first kappa shape index (κ1) is 30.9. The van der Waals surface area contributed by atoms with E-state index >= 15 is 4.39 Å². The van der Waals surface area contributed by atoms with E-state index in [-0.39, 0.29) is 44.0 Å². The maximum Gasteiger partial charge on any atom is 0.410 e. The first-order valence-corrected chi connectivity index (χ1v) is 15.6. The second-order valence-corrected chi connectivity index (χ2v) is 13.5. The fourth-order valence-corrected chi connectivity index (χ4v) is 6.15. The Balaban J connectivity index is 1.16. The largest absolute Gasteiger partial charge is 0.483 e. The smallest absolute Gasteiger partial charge is 0.410 e. The van der Waals surface area contributed by atoms with Gasteiger partial charge in [0.15, 0.2) is 17.6 Å². The van der Waals surface area contributed by atoms with Gasteiger partial charge in [-0.25, -0.2) is 13.9 Å². The van der Waals surface area contributed by atoms with Gasteiger partial charge in [0.1, 0.15) is 22.9 Å². The lowest BCUT2D eigenvalue weighted by Crippen LogP contribution is -2.45. The Morgan fingerprint density at radius 1 is 1.05 bits per heavy atom. The van der Waals surface area contributed by atoms with E-state index in [0.717, 1.165) is 43.1 Å². The van der Waals surface area contributed by atoms with Crippen LogP contribution in [0.5, 0.6) is 5.75 Å². The number of benzene rings is 1. The third-order valence-corrected chi connectivity index (χ3v) is 8.76. The Labute approximate surface area is 253 Å². The highest BCUT2D eigenvalue weighted by molar-refractivity contribution is 5.68. The molecule has 1 amide bonds. The van der Waals surface area contributed by atoms with Gasteiger partial charge >= 0.3 is 6.09 Å². The van der Waals surface area contributed by atoms with Crippen LogP contribution in [0.25, 0.3) is 0 Å². The zero-order chi connectivity index (χ0) is 30.9. The maximum absolute atomic E-state index is 15.9. The minimum absolute atomic E-state index is 0.158. The first-order chi connectivity index (χ1) is 20.3. The molecule has 1 aliphatic heterocycles. The zero-order valence-corrected chi connectivity index (χ0v) is 26.6. The molecule has 2 aromatic heterocycles. The summed E-state index contributed by atoms with van der Waals surface area (Å²) in [6.07, 6.45) is 5.15. The molecule has 1 aliphatic carbocycles. The van der Waals surface area contributed by atoms with E-state index in [1.165, 1.54) is 5.56 Å². The van der Waals surface area contributed by atoms with Crippen LogP contribution in [0.2, 0.25) is 0 Å². The standard InChI is InChI=1S/C32H46FN7O3/c1-21(2)24-9-8-10-26(19-24)42-22(3)28-35-36-29(38(28)7)23-11-13-25(14-12-23)40-20-27(34-37-40)32(33)15-17-39(18-16-32)30(41)43-31(4,5)6/h8-10,19-23,25H,11-18H2,1-7H3/t22-,23-,25-/m1/s1. The van der Waals surface area contributed by atoms with Crippen LogP contribution in [0.3, 0.4) is 0 Å². The monoisotopic (exact) mass is 595 g/mol. The lowest BCUT2D eigenvalue weighted by atomic mass is 9.85. The van der Waals surface area contributed by atoms with Crippen molar-refractivity contribution in [2.45, 2.75) is 115 Å². The van der Waals surface area contributed by atoms with E-state index in [0.29, 0.717) is 11.6 Å². The summed E-state index contributed by atoms with van der Waals surface area (Å²) in [6, 6.07) is 8.37. The molecule has 0 radical (unpaired) electrons. The number of halogens is 1. The second-order valence-electron chi connectivity index (χ2n) is 13.5. The Kier molecular flexibility index (Phi) is 8.81. The van der Waals surface area contributed by atoms with Gasteiger partial charge in [0.25, 0.3) is 0 Å². The molecule has 0 bridgehead atoms. The number of rotatable bonds is 7. The molecular weight excluding hydrogens is 549 g/mol. The lowest BCUT2D eigenvalue weighted by Gasteiger charge is -2.36. The molecule has 0 N–H and O–H groups in total. The van der Waals surface area contributed by atoms with Crippen LogP contribution in [-0.4, -0.2) is 59.4 Å². The van der Waals surface area contributed by atoms with E-state index in [2.05, 4.69) is 51.1 Å². The molecule has 1 saturated carbocycles. The fraction of sp³-hybridized carbons (Fsp3) is 0.656. The van der Waals surface area contributed by atoms with E-state index in [9.17, 15) is 4.79 Å². The molecule has 5 rings (SSSR count). The molecule has 11 heteroatoms. The van der Waals surface area contributed by atoms with Crippen molar-refractivity contribution >= 4 is 6.09 Å². The van der Waals surface area contributed by atoms with Crippen LogP contribution in [0.15, 0.2) is 30.5 Å². The van der Waals surface area contributed by atoms with Crippen molar-refractivity contribution < 1.29 is 18.7 Å². The topological polar surface area (TPSA) is 100 Å². The zero-order valence-electron chi connectivity index (χ0n) is 26.6. The van der Waals surface area contributed by atoms with Crippen molar-refractivity contribution in [1.82, 2.24) is 34.7 Å². The van der Waals surface area contributed by atoms with Crippen molar-refractivity contribution in [3.63, 3.8) is 0 Å². The van der Waals surface area contributed by atoms with Gasteiger partial charge in [-0.1, -0.05) is 31.2 Å². The van der Waals surface area contributed by atoms with E-state index < -0.39 is 17.4 Å². The van der Waals surface area contributed by atoms with Gasteiger partial charge in [-0.15, -0.1) is 15.3 Å². The number of likely N-dealkylation sites (tertiary alicyclic amines) is 1. The van der Waals surface area contributed by atoms with Gasteiger partial charge in [0.2, 0.25) is 0 Å². The summed E-state index contributed by atoms with van der Waals surface area (Å²) < 4.78 is 31.5. The number of alkyl halides is 1. The number of aromatic nitrogens is 6. The van der Waals surface area contributed by atoms with Crippen molar-refractivity contribution in [3.8, 4) is 5.75 Å². The first-order valence-electron chi connectivity index (χ1n) is 15.6. The van der Waals surface area contributed by atoms with Crippen molar-refractivity contribution in [2.24, 2.45) is 7.05 Å². The summed E-state index contributed by atoms with van der Waals surface area (Å²) in [5.41, 5.74) is -0.586. The summed E-state index contributed by atoms with van der Waals surface area (Å²) in [5, 5.41) is 17.7. The highest BCUT2D eigenvalue weighted by atomic mass is 19.1. The fourth-order valence-electron chi connectivity index (χ4n) is 6.15. The van der Waals surface area contributed by atoms with Gasteiger partial charge in [-0.2, -0.15) is 0 Å². The van der Waals surface area contributed by atoms with E-state index in [4.69, 9.17) is 9.47 Å². The molecular formula is C32H46FN7O3. The number of ether oxygens (including phenoxy) is 2. The van der Waals surface area contributed by atoms with Crippen LogP contribution in [0, 0.1) is 0 Å². The molecule has 3 aromatic rings.